The number of rotatable bonds is 7. The van der Waals surface area contributed by atoms with Crippen LogP contribution in [0.4, 0.5) is 0 Å². The summed E-state index contributed by atoms with van der Waals surface area (Å²) in [5, 5.41) is 10.3. The zero-order chi connectivity index (χ0) is 20.1. The van der Waals surface area contributed by atoms with Crippen LogP contribution in [0.5, 0.6) is 28.9 Å². The lowest BCUT2D eigenvalue weighted by molar-refractivity contribution is -0.145. The molecular formula is C19H17NO8. The third-order valence-corrected chi connectivity index (χ3v) is 3.61. The average Bonchev–Trinajstić information content (AvgIpc) is 2.67. The Morgan fingerprint density at radius 3 is 2.68 bits per heavy atom. The summed E-state index contributed by atoms with van der Waals surface area (Å²) in [5.74, 6) is -0.848. The highest BCUT2D eigenvalue weighted by Crippen LogP contribution is 2.42. The fourth-order valence-corrected chi connectivity index (χ4v) is 2.46. The minimum atomic E-state index is -0.597. The van der Waals surface area contributed by atoms with Crippen LogP contribution in [0, 0.1) is 0 Å². The number of phenols is 1. The van der Waals surface area contributed by atoms with Crippen LogP contribution in [0.25, 0.3) is 11.0 Å². The lowest BCUT2D eigenvalue weighted by atomic mass is 10.2. The first-order valence-electron chi connectivity index (χ1n) is 8.27. The van der Waals surface area contributed by atoms with Crippen molar-refractivity contribution in [3.05, 3.63) is 46.9 Å². The first-order valence-corrected chi connectivity index (χ1v) is 8.27. The van der Waals surface area contributed by atoms with E-state index in [-0.39, 0.29) is 35.0 Å². The van der Waals surface area contributed by atoms with E-state index in [2.05, 4.69) is 4.98 Å². The van der Waals surface area contributed by atoms with E-state index in [4.69, 9.17) is 23.4 Å². The van der Waals surface area contributed by atoms with Crippen molar-refractivity contribution in [1.82, 2.24) is 4.98 Å². The molecule has 0 amide bonds. The molecule has 0 aliphatic carbocycles. The third kappa shape index (κ3) is 3.98. The van der Waals surface area contributed by atoms with Crippen molar-refractivity contribution in [3.63, 3.8) is 0 Å². The summed E-state index contributed by atoms with van der Waals surface area (Å²) in [5.41, 5.74) is -0.549. The van der Waals surface area contributed by atoms with E-state index in [9.17, 15) is 14.7 Å². The van der Waals surface area contributed by atoms with Gasteiger partial charge in [0.25, 0.3) is 5.95 Å². The topological polar surface area (TPSA) is 117 Å². The average molecular weight is 387 g/mol. The summed E-state index contributed by atoms with van der Waals surface area (Å²) < 4.78 is 26.3. The van der Waals surface area contributed by atoms with Crippen LogP contribution >= 0.6 is 0 Å². The van der Waals surface area contributed by atoms with Gasteiger partial charge in [-0.05, 0) is 19.1 Å². The second kappa shape index (κ2) is 8.30. The number of benzene rings is 1. The van der Waals surface area contributed by atoms with E-state index in [0.29, 0.717) is 5.75 Å². The number of aromatic hydroxyl groups is 1. The highest BCUT2D eigenvalue weighted by atomic mass is 16.6. The molecule has 3 rings (SSSR count). The van der Waals surface area contributed by atoms with Crippen molar-refractivity contribution in [2.75, 3.05) is 20.3 Å². The molecule has 9 nitrogen and oxygen atoms in total. The summed E-state index contributed by atoms with van der Waals surface area (Å²) >= 11 is 0. The maximum atomic E-state index is 12.5. The van der Waals surface area contributed by atoms with Crippen molar-refractivity contribution < 1.29 is 33.3 Å². The summed E-state index contributed by atoms with van der Waals surface area (Å²) in [6.07, 6.45) is 3.04. The number of carbonyl (C=O) groups excluding carboxylic acids is 1. The summed E-state index contributed by atoms with van der Waals surface area (Å²) in [7, 11) is 1.29. The van der Waals surface area contributed by atoms with Gasteiger partial charge in [0.2, 0.25) is 11.2 Å². The SMILES string of the molecule is CCOC(=O)COc1cc2oc(Oc3ccncc3)cc(=O)c2c(O)c1OC. The van der Waals surface area contributed by atoms with Gasteiger partial charge in [-0.25, -0.2) is 4.79 Å². The molecule has 0 aliphatic rings. The number of pyridine rings is 1. The first kappa shape index (κ1) is 19.0. The van der Waals surface area contributed by atoms with E-state index in [1.54, 1.807) is 19.1 Å². The number of esters is 1. The van der Waals surface area contributed by atoms with Gasteiger partial charge in [0, 0.05) is 18.5 Å². The van der Waals surface area contributed by atoms with Crippen LogP contribution in [-0.4, -0.2) is 36.4 Å². The van der Waals surface area contributed by atoms with Gasteiger partial charge < -0.3 is 28.5 Å². The molecule has 0 unspecified atom stereocenters. The number of nitrogens with zero attached hydrogens (tertiary/aromatic N) is 1. The fourth-order valence-electron chi connectivity index (χ4n) is 2.46. The van der Waals surface area contributed by atoms with Gasteiger partial charge in [-0.1, -0.05) is 0 Å². The Morgan fingerprint density at radius 1 is 1.25 bits per heavy atom. The maximum Gasteiger partial charge on any atom is 0.344 e. The highest BCUT2D eigenvalue weighted by Gasteiger charge is 2.21. The summed E-state index contributed by atoms with van der Waals surface area (Å²) in [6.45, 7) is 1.46. The number of hydrogen-bond acceptors (Lipinski definition) is 9. The number of carbonyl (C=O) groups is 1. The van der Waals surface area contributed by atoms with E-state index >= 15 is 0 Å². The zero-order valence-electron chi connectivity index (χ0n) is 15.1. The standard InChI is InChI=1S/C19H17NO8/c1-3-25-15(22)10-26-14-9-13-17(18(23)19(14)24-2)12(21)8-16(28-13)27-11-4-6-20-7-5-11/h4-9,23H,3,10H2,1-2H3. The Balaban J connectivity index is 2.02. The van der Waals surface area contributed by atoms with Crippen LogP contribution in [0.1, 0.15) is 6.92 Å². The monoisotopic (exact) mass is 387 g/mol. The molecule has 0 fully saturated rings. The second-order valence-corrected chi connectivity index (χ2v) is 5.44. The molecule has 0 spiro atoms. The van der Waals surface area contributed by atoms with Gasteiger partial charge in [-0.2, -0.15) is 0 Å². The number of fused-ring (bicyclic) bond motifs is 1. The molecule has 0 atom stereocenters. The molecule has 28 heavy (non-hydrogen) atoms. The van der Waals surface area contributed by atoms with Crippen LogP contribution < -0.4 is 19.6 Å². The highest BCUT2D eigenvalue weighted by molar-refractivity contribution is 5.89. The van der Waals surface area contributed by atoms with E-state index in [1.807, 2.05) is 0 Å². The third-order valence-electron chi connectivity index (χ3n) is 3.61. The number of aromatic nitrogens is 1. The molecule has 0 radical (unpaired) electrons. The van der Waals surface area contributed by atoms with Gasteiger partial charge in [-0.15, -0.1) is 0 Å². The molecule has 2 aromatic heterocycles. The molecule has 1 N–H and O–H groups in total. The largest absolute Gasteiger partial charge is 0.504 e. The molecule has 0 aliphatic heterocycles. The van der Waals surface area contributed by atoms with Crippen LogP contribution in [-0.2, 0) is 9.53 Å². The fraction of sp³-hybridized carbons (Fsp3) is 0.211. The Labute approximate surface area is 159 Å². The number of phenolic OH excluding ortho intramolecular Hbond substituents is 1. The van der Waals surface area contributed by atoms with Crippen LogP contribution in [0.2, 0.25) is 0 Å². The van der Waals surface area contributed by atoms with Crippen LogP contribution in [0.3, 0.4) is 0 Å². The number of methoxy groups -OCH3 is 1. The van der Waals surface area contributed by atoms with Crippen LogP contribution in [0.15, 0.2) is 45.9 Å². The van der Waals surface area contributed by atoms with Gasteiger partial charge in [-0.3, -0.25) is 9.78 Å². The minimum absolute atomic E-state index is 0.00441. The van der Waals surface area contributed by atoms with Gasteiger partial charge in [0.1, 0.15) is 16.7 Å². The maximum absolute atomic E-state index is 12.5. The Kier molecular flexibility index (Phi) is 5.64. The normalized spacial score (nSPS) is 10.5. The molecule has 9 heteroatoms. The molecule has 0 saturated heterocycles. The first-order chi connectivity index (χ1) is 13.5. The van der Waals surface area contributed by atoms with Gasteiger partial charge >= 0.3 is 5.97 Å². The summed E-state index contributed by atoms with van der Waals surface area (Å²) in [4.78, 5) is 27.9. The van der Waals surface area contributed by atoms with E-state index in [0.717, 1.165) is 6.07 Å². The number of ether oxygens (including phenoxy) is 4. The van der Waals surface area contributed by atoms with Crippen molar-refractivity contribution in [2.45, 2.75) is 6.92 Å². The predicted octanol–water partition coefficient (Wildman–Crippen LogP) is 2.64. The second-order valence-electron chi connectivity index (χ2n) is 5.44. The van der Waals surface area contributed by atoms with Gasteiger partial charge in [0.05, 0.1) is 19.8 Å². The Bertz CT molecular complexity index is 1050. The molecule has 3 aromatic rings. The number of hydrogen-bond donors (Lipinski definition) is 1. The smallest absolute Gasteiger partial charge is 0.344 e. The van der Waals surface area contributed by atoms with E-state index < -0.39 is 23.8 Å². The lowest BCUT2D eigenvalue weighted by Gasteiger charge is -2.13. The summed E-state index contributed by atoms with van der Waals surface area (Å²) in [6, 6.07) is 5.60. The molecule has 1 aromatic carbocycles. The van der Waals surface area contributed by atoms with E-state index in [1.165, 1.54) is 25.6 Å². The zero-order valence-corrected chi connectivity index (χ0v) is 15.1. The lowest BCUT2D eigenvalue weighted by Crippen LogP contribution is -2.15. The molecule has 2 heterocycles. The molecule has 146 valence electrons. The van der Waals surface area contributed by atoms with Crippen molar-refractivity contribution in [1.29, 1.82) is 0 Å². The Hall–Kier alpha value is -3.75. The van der Waals surface area contributed by atoms with Crippen molar-refractivity contribution in [2.24, 2.45) is 0 Å². The molecule has 0 saturated carbocycles. The van der Waals surface area contributed by atoms with Crippen molar-refractivity contribution in [3.8, 4) is 28.9 Å². The molecular weight excluding hydrogens is 370 g/mol. The van der Waals surface area contributed by atoms with Gasteiger partial charge in [0.15, 0.2) is 18.1 Å². The van der Waals surface area contributed by atoms with Crippen molar-refractivity contribution >= 4 is 16.9 Å². The quantitative estimate of drug-likeness (QED) is 0.610. The minimum Gasteiger partial charge on any atom is -0.504 e. The predicted molar refractivity (Wildman–Crippen MR) is 97.1 cm³/mol. The Morgan fingerprint density at radius 2 is 2.00 bits per heavy atom. The molecule has 0 bridgehead atoms.